The molecule has 0 saturated carbocycles. The Morgan fingerprint density at radius 1 is 1.33 bits per heavy atom. The Morgan fingerprint density at radius 3 is 3.06 bits per heavy atom. The molecular weight excluding hydrogens is 251 g/mol. The van der Waals surface area contributed by atoms with Gasteiger partial charge in [0, 0.05) is 19.1 Å². The Labute approximate surface area is 114 Å². The van der Waals surface area contributed by atoms with Gasteiger partial charge in [-0.3, -0.25) is 4.90 Å². The van der Waals surface area contributed by atoms with Crippen LogP contribution >= 0.6 is 12.4 Å². The van der Waals surface area contributed by atoms with Crippen molar-refractivity contribution in [2.75, 3.05) is 19.6 Å². The summed E-state index contributed by atoms with van der Waals surface area (Å²) < 4.78 is 13.1. The van der Waals surface area contributed by atoms with Crippen molar-refractivity contribution >= 4 is 12.4 Å². The number of halogens is 2. The van der Waals surface area contributed by atoms with Crippen LogP contribution in [0.5, 0.6) is 0 Å². The summed E-state index contributed by atoms with van der Waals surface area (Å²) in [6, 6.07) is 7.71. The summed E-state index contributed by atoms with van der Waals surface area (Å²) in [4.78, 5) is 2.46. The van der Waals surface area contributed by atoms with Crippen LogP contribution in [0.15, 0.2) is 24.3 Å². The quantitative estimate of drug-likeness (QED) is 0.888. The minimum Gasteiger partial charge on any atom is -0.314 e. The summed E-state index contributed by atoms with van der Waals surface area (Å²) in [6.07, 6.45) is 2.53. The molecule has 4 heteroatoms. The lowest BCUT2D eigenvalue weighted by Crippen LogP contribution is -2.43. The van der Waals surface area contributed by atoms with E-state index < -0.39 is 0 Å². The molecule has 3 rings (SSSR count). The molecule has 2 atom stereocenters. The van der Waals surface area contributed by atoms with Crippen LogP contribution in [0, 0.1) is 11.7 Å². The number of rotatable bonds is 2. The number of benzene rings is 1. The van der Waals surface area contributed by atoms with Gasteiger partial charge in [0.1, 0.15) is 5.82 Å². The van der Waals surface area contributed by atoms with Crippen LogP contribution < -0.4 is 5.32 Å². The van der Waals surface area contributed by atoms with Gasteiger partial charge in [-0.2, -0.15) is 0 Å². The van der Waals surface area contributed by atoms with Gasteiger partial charge < -0.3 is 5.32 Å². The number of piperidine rings is 1. The van der Waals surface area contributed by atoms with Crippen LogP contribution in [0.4, 0.5) is 4.39 Å². The largest absolute Gasteiger partial charge is 0.314 e. The molecule has 0 radical (unpaired) electrons. The molecule has 2 unspecified atom stereocenters. The zero-order chi connectivity index (χ0) is 11.7. The molecule has 0 aliphatic carbocycles. The molecule has 100 valence electrons. The molecular formula is C14H20ClFN2. The molecule has 0 amide bonds. The molecule has 1 aromatic rings. The summed E-state index contributed by atoms with van der Waals surface area (Å²) in [5.41, 5.74) is 1.09. The maximum absolute atomic E-state index is 13.1. The minimum absolute atomic E-state index is 0. The number of nitrogens with one attached hydrogen (secondary N) is 1. The van der Waals surface area contributed by atoms with E-state index in [0.717, 1.165) is 37.2 Å². The fourth-order valence-corrected chi connectivity index (χ4v) is 3.16. The Balaban J connectivity index is 0.00000120. The highest BCUT2D eigenvalue weighted by Crippen LogP contribution is 2.25. The van der Waals surface area contributed by atoms with Crippen LogP contribution in [-0.4, -0.2) is 30.6 Å². The highest BCUT2D eigenvalue weighted by molar-refractivity contribution is 5.85. The summed E-state index contributed by atoms with van der Waals surface area (Å²) >= 11 is 0. The third kappa shape index (κ3) is 3.02. The lowest BCUT2D eigenvalue weighted by atomic mass is 9.93. The molecule has 1 aromatic carbocycles. The van der Waals surface area contributed by atoms with Crippen LogP contribution in [0.2, 0.25) is 0 Å². The number of hydrogen-bond donors (Lipinski definition) is 1. The van der Waals surface area contributed by atoms with E-state index in [0.29, 0.717) is 0 Å². The predicted octanol–water partition coefficient (Wildman–Crippen LogP) is 2.43. The molecule has 2 heterocycles. The Morgan fingerprint density at radius 2 is 2.22 bits per heavy atom. The monoisotopic (exact) mass is 270 g/mol. The van der Waals surface area contributed by atoms with Gasteiger partial charge in [-0.05, 0) is 49.5 Å². The predicted molar refractivity (Wildman–Crippen MR) is 73.4 cm³/mol. The van der Waals surface area contributed by atoms with E-state index in [4.69, 9.17) is 0 Å². The maximum Gasteiger partial charge on any atom is 0.123 e. The van der Waals surface area contributed by atoms with E-state index in [1.807, 2.05) is 6.07 Å². The van der Waals surface area contributed by atoms with Crippen LogP contribution in [-0.2, 0) is 6.54 Å². The van der Waals surface area contributed by atoms with Gasteiger partial charge in [-0.1, -0.05) is 12.1 Å². The Bertz CT molecular complexity index is 399. The van der Waals surface area contributed by atoms with Crippen molar-refractivity contribution in [2.45, 2.75) is 25.4 Å². The summed E-state index contributed by atoms with van der Waals surface area (Å²) in [5, 5.41) is 3.57. The van der Waals surface area contributed by atoms with Crippen LogP contribution in [0.25, 0.3) is 0 Å². The molecule has 0 bridgehead atoms. The standard InChI is InChI=1S/C14H19FN2.ClH/c15-13-3-1-2-11(8-13)9-17-7-5-14-12(10-17)4-6-16-14;/h1-3,8,12,14,16H,4-7,9-10H2;1H. The second-order valence-corrected chi connectivity index (χ2v) is 5.26. The topological polar surface area (TPSA) is 15.3 Å². The third-order valence-electron chi connectivity index (χ3n) is 4.03. The van der Waals surface area contributed by atoms with Crippen molar-refractivity contribution in [1.82, 2.24) is 10.2 Å². The first-order valence-corrected chi connectivity index (χ1v) is 6.51. The van der Waals surface area contributed by atoms with Gasteiger partial charge in [0.15, 0.2) is 0 Å². The summed E-state index contributed by atoms with van der Waals surface area (Å²) in [6.45, 7) is 4.35. The molecule has 18 heavy (non-hydrogen) atoms. The zero-order valence-electron chi connectivity index (χ0n) is 10.4. The number of fused-ring (bicyclic) bond motifs is 1. The molecule has 2 fully saturated rings. The average molecular weight is 271 g/mol. The molecule has 0 spiro atoms. The fourth-order valence-electron chi connectivity index (χ4n) is 3.16. The maximum atomic E-state index is 13.1. The van der Waals surface area contributed by atoms with E-state index in [9.17, 15) is 4.39 Å². The highest BCUT2D eigenvalue weighted by atomic mass is 35.5. The van der Waals surface area contributed by atoms with E-state index in [2.05, 4.69) is 10.2 Å². The Hall–Kier alpha value is -0.640. The smallest absolute Gasteiger partial charge is 0.123 e. The van der Waals surface area contributed by atoms with Gasteiger partial charge in [0.25, 0.3) is 0 Å². The first-order valence-electron chi connectivity index (χ1n) is 6.51. The average Bonchev–Trinajstić information content (AvgIpc) is 2.76. The van der Waals surface area contributed by atoms with Crippen molar-refractivity contribution in [1.29, 1.82) is 0 Å². The number of nitrogens with zero attached hydrogens (tertiary/aromatic N) is 1. The lowest BCUT2D eigenvalue weighted by Gasteiger charge is -2.34. The highest BCUT2D eigenvalue weighted by Gasteiger charge is 2.32. The number of likely N-dealkylation sites (tertiary alicyclic amines) is 1. The van der Waals surface area contributed by atoms with E-state index >= 15 is 0 Å². The van der Waals surface area contributed by atoms with Crippen LogP contribution in [0.3, 0.4) is 0 Å². The van der Waals surface area contributed by atoms with Gasteiger partial charge in [0.05, 0.1) is 0 Å². The van der Waals surface area contributed by atoms with Gasteiger partial charge in [-0.15, -0.1) is 12.4 Å². The molecule has 2 nitrogen and oxygen atoms in total. The van der Waals surface area contributed by atoms with Crippen LogP contribution in [0.1, 0.15) is 18.4 Å². The molecule has 0 aromatic heterocycles. The van der Waals surface area contributed by atoms with Gasteiger partial charge in [-0.25, -0.2) is 4.39 Å². The second-order valence-electron chi connectivity index (χ2n) is 5.26. The fraction of sp³-hybridized carbons (Fsp3) is 0.571. The minimum atomic E-state index is -0.125. The van der Waals surface area contributed by atoms with E-state index in [1.54, 1.807) is 12.1 Å². The normalized spacial score (nSPS) is 27.6. The molecule has 2 aliphatic rings. The summed E-state index contributed by atoms with van der Waals surface area (Å²) in [7, 11) is 0. The SMILES string of the molecule is Cl.Fc1cccc(CN2CCC3NCCC3C2)c1. The van der Waals surface area contributed by atoms with Gasteiger partial charge in [0.2, 0.25) is 0 Å². The van der Waals surface area contributed by atoms with Crippen molar-refractivity contribution in [3.8, 4) is 0 Å². The first kappa shape index (κ1) is 13.8. The second kappa shape index (κ2) is 6.00. The van der Waals surface area contributed by atoms with Crippen molar-refractivity contribution in [3.63, 3.8) is 0 Å². The van der Waals surface area contributed by atoms with Crippen molar-refractivity contribution in [2.24, 2.45) is 5.92 Å². The van der Waals surface area contributed by atoms with Crippen molar-refractivity contribution < 1.29 is 4.39 Å². The van der Waals surface area contributed by atoms with E-state index in [1.165, 1.54) is 25.5 Å². The summed E-state index contributed by atoms with van der Waals surface area (Å²) in [5.74, 6) is 0.678. The van der Waals surface area contributed by atoms with Gasteiger partial charge >= 0.3 is 0 Å². The Kier molecular flexibility index (Phi) is 4.60. The molecule has 2 saturated heterocycles. The lowest BCUT2D eigenvalue weighted by molar-refractivity contribution is 0.156. The molecule has 2 aliphatic heterocycles. The number of hydrogen-bond acceptors (Lipinski definition) is 2. The first-order chi connectivity index (χ1) is 8.31. The third-order valence-corrected chi connectivity index (χ3v) is 4.03. The zero-order valence-corrected chi connectivity index (χ0v) is 11.3. The van der Waals surface area contributed by atoms with E-state index in [-0.39, 0.29) is 18.2 Å². The van der Waals surface area contributed by atoms with Crippen molar-refractivity contribution in [3.05, 3.63) is 35.6 Å². The molecule has 1 N–H and O–H groups in total.